The molecule has 10 heteroatoms. The van der Waals surface area contributed by atoms with E-state index >= 15 is 0 Å². The standard InChI is InChI=1S/C11H7F6N3O/c12-10(13,14)9(11(15,16)17)21-8-7(18)19-5-3-1-2-4-6(5)20-8/h1-4,9H,(H2,18,19). The van der Waals surface area contributed by atoms with Crippen LogP contribution in [-0.4, -0.2) is 28.4 Å². The van der Waals surface area contributed by atoms with Crippen molar-refractivity contribution in [2.75, 3.05) is 5.73 Å². The van der Waals surface area contributed by atoms with Gasteiger partial charge in [0.05, 0.1) is 11.0 Å². The summed E-state index contributed by atoms with van der Waals surface area (Å²) in [5.74, 6) is -1.68. The number of nitrogens with two attached hydrogens (primary N) is 1. The number of alkyl halides is 6. The number of nitrogen functional groups attached to an aromatic ring is 1. The molecule has 0 aliphatic rings. The Morgan fingerprint density at radius 2 is 1.38 bits per heavy atom. The van der Waals surface area contributed by atoms with Crippen LogP contribution in [0.2, 0.25) is 0 Å². The number of fused-ring (bicyclic) bond motifs is 1. The fraction of sp³-hybridized carbons (Fsp3) is 0.273. The lowest BCUT2D eigenvalue weighted by Gasteiger charge is -2.23. The molecule has 1 heterocycles. The first-order chi connectivity index (χ1) is 9.59. The van der Waals surface area contributed by atoms with E-state index < -0.39 is 30.2 Å². The molecule has 2 rings (SSSR count). The molecule has 0 atom stereocenters. The Kier molecular flexibility index (Phi) is 3.56. The summed E-state index contributed by atoms with van der Waals surface area (Å²) in [4.78, 5) is 7.18. The van der Waals surface area contributed by atoms with Gasteiger partial charge in [-0.15, -0.1) is 0 Å². The molecule has 2 aromatic rings. The Morgan fingerprint density at radius 3 is 1.86 bits per heavy atom. The van der Waals surface area contributed by atoms with E-state index in [9.17, 15) is 26.3 Å². The van der Waals surface area contributed by atoms with Crippen molar-refractivity contribution in [3.63, 3.8) is 0 Å². The molecule has 0 aliphatic carbocycles. The van der Waals surface area contributed by atoms with Gasteiger partial charge in [0.15, 0.2) is 5.82 Å². The molecule has 114 valence electrons. The number of nitrogens with zero attached hydrogens (tertiary/aromatic N) is 2. The SMILES string of the molecule is Nc1nc2ccccc2nc1OC(C(F)(F)F)C(F)(F)F. The highest BCUT2D eigenvalue weighted by molar-refractivity contribution is 5.76. The largest absolute Gasteiger partial charge is 0.452 e. The van der Waals surface area contributed by atoms with E-state index in [-0.39, 0.29) is 11.0 Å². The van der Waals surface area contributed by atoms with Crippen molar-refractivity contribution in [2.24, 2.45) is 0 Å². The molecule has 4 nitrogen and oxygen atoms in total. The highest BCUT2D eigenvalue weighted by Gasteiger charge is 2.59. The number of rotatable bonds is 2. The molecule has 0 bridgehead atoms. The van der Waals surface area contributed by atoms with Gasteiger partial charge in [0, 0.05) is 0 Å². The lowest BCUT2D eigenvalue weighted by molar-refractivity contribution is -0.300. The van der Waals surface area contributed by atoms with Crippen LogP contribution in [-0.2, 0) is 0 Å². The van der Waals surface area contributed by atoms with Gasteiger partial charge < -0.3 is 10.5 Å². The van der Waals surface area contributed by atoms with Crippen molar-refractivity contribution < 1.29 is 31.1 Å². The number of aromatic nitrogens is 2. The van der Waals surface area contributed by atoms with Gasteiger partial charge in [0.2, 0.25) is 0 Å². The zero-order valence-electron chi connectivity index (χ0n) is 10.0. The monoisotopic (exact) mass is 311 g/mol. The molecule has 2 N–H and O–H groups in total. The lowest BCUT2D eigenvalue weighted by Crippen LogP contribution is -2.46. The van der Waals surface area contributed by atoms with E-state index in [1.165, 1.54) is 18.2 Å². The second-order valence-electron chi connectivity index (χ2n) is 3.98. The van der Waals surface area contributed by atoms with Crippen LogP contribution in [0.3, 0.4) is 0 Å². The number of hydrogen-bond acceptors (Lipinski definition) is 4. The van der Waals surface area contributed by atoms with E-state index in [1.54, 1.807) is 6.07 Å². The van der Waals surface area contributed by atoms with E-state index in [4.69, 9.17) is 5.73 Å². The molecule has 0 saturated carbocycles. The third kappa shape index (κ3) is 3.26. The molecule has 1 aromatic heterocycles. The lowest BCUT2D eigenvalue weighted by atomic mass is 10.3. The van der Waals surface area contributed by atoms with Gasteiger partial charge in [0.25, 0.3) is 12.0 Å². The minimum atomic E-state index is -5.65. The van der Waals surface area contributed by atoms with E-state index in [2.05, 4.69) is 14.7 Å². The maximum atomic E-state index is 12.4. The second kappa shape index (κ2) is 4.93. The molecule has 0 amide bonds. The first-order valence-corrected chi connectivity index (χ1v) is 5.41. The highest BCUT2D eigenvalue weighted by atomic mass is 19.4. The molecular weight excluding hydrogens is 304 g/mol. The molecule has 0 aliphatic heterocycles. The molecule has 0 radical (unpaired) electrons. The maximum absolute atomic E-state index is 12.4. The normalized spacial score (nSPS) is 12.9. The number of anilines is 1. The average Bonchev–Trinajstić information content (AvgIpc) is 2.33. The molecule has 21 heavy (non-hydrogen) atoms. The summed E-state index contributed by atoms with van der Waals surface area (Å²) in [6.07, 6.45) is -15.3. The van der Waals surface area contributed by atoms with Crippen LogP contribution in [0.1, 0.15) is 0 Å². The topological polar surface area (TPSA) is 61.0 Å². The third-order valence-corrected chi connectivity index (χ3v) is 2.39. The summed E-state index contributed by atoms with van der Waals surface area (Å²) < 4.78 is 78.4. The van der Waals surface area contributed by atoms with E-state index in [0.29, 0.717) is 0 Å². The molecule has 0 spiro atoms. The Bertz CT molecular complexity index is 640. The van der Waals surface area contributed by atoms with Crippen LogP contribution < -0.4 is 10.5 Å². The zero-order valence-corrected chi connectivity index (χ0v) is 10.0. The van der Waals surface area contributed by atoms with Crippen molar-refractivity contribution >= 4 is 16.9 Å². The van der Waals surface area contributed by atoms with Crippen molar-refractivity contribution in [3.05, 3.63) is 24.3 Å². The van der Waals surface area contributed by atoms with Crippen LogP contribution in [0.25, 0.3) is 11.0 Å². The smallest absolute Gasteiger partial charge is 0.434 e. The quantitative estimate of drug-likeness (QED) is 0.866. The van der Waals surface area contributed by atoms with Gasteiger partial charge >= 0.3 is 12.4 Å². The molecule has 0 unspecified atom stereocenters. The average molecular weight is 311 g/mol. The van der Waals surface area contributed by atoms with Crippen molar-refractivity contribution in [1.29, 1.82) is 0 Å². The van der Waals surface area contributed by atoms with Crippen LogP contribution in [0, 0.1) is 0 Å². The Labute approximate surface area is 113 Å². The Morgan fingerprint density at radius 1 is 0.905 bits per heavy atom. The van der Waals surface area contributed by atoms with Gasteiger partial charge in [-0.05, 0) is 12.1 Å². The van der Waals surface area contributed by atoms with Gasteiger partial charge in [0.1, 0.15) is 0 Å². The van der Waals surface area contributed by atoms with Crippen LogP contribution in [0.4, 0.5) is 32.2 Å². The second-order valence-corrected chi connectivity index (χ2v) is 3.98. The Hall–Kier alpha value is -2.26. The Balaban J connectivity index is 2.44. The molecule has 0 fully saturated rings. The maximum Gasteiger partial charge on any atom is 0.434 e. The summed E-state index contributed by atoms with van der Waals surface area (Å²) in [5.41, 5.74) is 5.57. The minimum Gasteiger partial charge on any atom is -0.452 e. The molecular formula is C11H7F6N3O. The summed E-state index contributed by atoms with van der Waals surface area (Å²) in [6.45, 7) is 0. The van der Waals surface area contributed by atoms with Crippen LogP contribution in [0.15, 0.2) is 24.3 Å². The molecule has 1 aromatic carbocycles. The number of halogens is 6. The summed E-state index contributed by atoms with van der Waals surface area (Å²) in [7, 11) is 0. The van der Waals surface area contributed by atoms with Crippen molar-refractivity contribution in [3.8, 4) is 5.88 Å². The summed E-state index contributed by atoms with van der Waals surface area (Å²) >= 11 is 0. The third-order valence-electron chi connectivity index (χ3n) is 2.39. The van der Waals surface area contributed by atoms with Gasteiger partial charge in [-0.2, -0.15) is 26.3 Å². The summed E-state index contributed by atoms with van der Waals surface area (Å²) in [5, 5.41) is 0. The fourth-order valence-electron chi connectivity index (χ4n) is 1.52. The highest BCUT2D eigenvalue weighted by Crippen LogP contribution is 2.37. The van der Waals surface area contributed by atoms with Gasteiger partial charge in [-0.1, -0.05) is 12.1 Å². The predicted octanol–water partition coefficient (Wildman–Crippen LogP) is 3.08. The van der Waals surface area contributed by atoms with Crippen LogP contribution >= 0.6 is 0 Å². The first kappa shape index (κ1) is 15.1. The number of hydrogen-bond donors (Lipinski definition) is 1. The predicted molar refractivity (Wildman–Crippen MR) is 60.5 cm³/mol. The number of para-hydroxylation sites is 2. The fourth-order valence-corrected chi connectivity index (χ4v) is 1.52. The number of ether oxygens (including phenoxy) is 1. The van der Waals surface area contributed by atoms with Gasteiger partial charge in [-0.25, -0.2) is 9.97 Å². The zero-order chi connectivity index (χ0) is 15.8. The van der Waals surface area contributed by atoms with Crippen molar-refractivity contribution in [1.82, 2.24) is 9.97 Å². The first-order valence-electron chi connectivity index (χ1n) is 5.41. The van der Waals surface area contributed by atoms with E-state index in [0.717, 1.165) is 0 Å². The number of benzene rings is 1. The van der Waals surface area contributed by atoms with Crippen LogP contribution in [0.5, 0.6) is 5.88 Å². The van der Waals surface area contributed by atoms with E-state index in [1.807, 2.05) is 0 Å². The minimum absolute atomic E-state index is 0.0600. The summed E-state index contributed by atoms with van der Waals surface area (Å²) in [6, 6.07) is 5.85. The van der Waals surface area contributed by atoms with Crippen molar-refractivity contribution in [2.45, 2.75) is 18.5 Å². The van der Waals surface area contributed by atoms with Gasteiger partial charge in [-0.3, -0.25) is 0 Å². The molecule has 0 saturated heterocycles.